The number of imidazole rings is 1. The van der Waals surface area contributed by atoms with Crippen LogP contribution in [-0.4, -0.2) is 21.1 Å². The van der Waals surface area contributed by atoms with Crippen LogP contribution < -0.4 is 0 Å². The van der Waals surface area contributed by atoms with Crippen LogP contribution in [0, 0.1) is 5.82 Å². The summed E-state index contributed by atoms with van der Waals surface area (Å²) in [7, 11) is 0. The van der Waals surface area contributed by atoms with Crippen LogP contribution in [0.3, 0.4) is 0 Å². The zero-order valence-corrected chi connectivity index (χ0v) is 14.0. The standard InChI is InChI=1S/C14H17Cl2FN2S/c1-8(20-3)4-5-19-13-7-11(17)10(16)6-12(13)18-14(19)9(2)15/h6-9H,4-5H2,1-3H3. The summed E-state index contributed by atoms with van der Waals surface area (Å²) in [6, 6.07) is 3.00. The second kappa shape index (κ2) is 6.54. The van der Waals surface area contributed by atoms with Crippen LogP contribution in [0.15, 0.2) is 12.1 Å². The van der Waals surface area contributed by atoms with E-state index in [9.17, 15) is 4.39 Å². The largest absolute Gasteiger partial charge is 0.327 e. The molecule has 2 aromatic rings. The topological polar surface area (TPSA) is 17.8 Å². The minimum absolute atomic E-state index is 0.0911. The van der Waals surface area contributed by atoms with Gasteiger partial charge in [-0.15, -0.1) is 11.6 Å². The van der Waals surface area contributed by atoms with Crippen molar-refractivity contribution in [1.29, 1.82) is 0 Å². The van der Waals surface area contributed by atoms with Gasteiger partial charge in [-0.2, -0.15) is 11.8 Å². The van der Waals surface area contributed by atoms with Gasteiger partial charge in [-0.3, -0.25) is 0 Å². The van der Waals surface area contributed by atoms with Gasteiger partial charge in [-0.1, -0.05) is 18.5 Å². The smallest absolute Gasteiger partial charge is 0.144 e. The molecule has 1 aromatic heterocycles. The molecule has 6 heteroatoms. The second-order valence-corrected chi connectivity index (χ2v) is 7.17. The van der Waals surface area contributed by atoms with E-state index >= 15 is 0 Å². The molecule has 0 amide bonds. The van der Waals surface area contributed by atoms with Crippen molar-refractivity contribution in [1.82, 2.24) is 9.55 Å². The number of hydrogen-bond donors (Lipinski definition) is 0. The monoisotopic (exact) mass is 334 g/mol. The summed E-state index contributed by atoms with van der Waals surface area (Å²) in [6.07, 6.45) is 3.06. The van der Waals surface area contributed by atoms with Gasteiger partial charge >= 0.3 is 0 Å². The quantitative estimate of drug-likeness (QED) is 0.693. The Labute approximate surface area is 132 Å². The van der Waals surface area contributed by atoms with Crippen LogP contribution in [0.2, 0.25) is 5.02 Å². The Morgan fingerprint density at radius 2 is 2.10 bits per heavy atom. The Morgan fingerprint density at radius 3 is 2.70 bits per heavy atom. The molecule has 0 aliphatic heterocycles. The predicted octanol–water partition coefficient (Wildman–Crippen LogP) is 5.27. The molecule has 0 saturated carbocycles. The molecule has 0 fully saturated rings. The highest BCUT2D eigenvalue weighted by Crippen LogP contribution is 2.29. The van der Waals surface area contributed by atoms with E-state index in [2.05, 4.69) is 18.2 Å². The summed E-state index contributed by atoms with van der Waals surface area (Å²) in [5.74, 6) is 0.337. The van der Waals surface area contributed by atoms with Crippen molar-refractivity contribution in [2.45, 2.75) is 37.4 Å². The third-order valence-electron chi connectivity index (χ3n) is 3.34. The first-order valence-electron chi connectivity index (χ1n) is 6.46. The van der Waals surface area contributed by atoms with Crippen LogP contribution in [0.5, 0.6) is 0 Å². The van der Waals surface area contributed by atoms with Gasteiger partial charge in [0.15, 0.2) is 0 Å². The van der Waals surface area contributed by atoms with Gasteiger partial charge in [0, 0.05) is 17.9 Å². The molecule has 0 spiro atoms. The first kappa shape index (κ1) is 15.9. The number of hydrogen-bond acceptors (Lipinski definition) is 2. The number of benzene rings is 1. The Bertz CT molecular complexity index is 613. The molecule has 20 heavy (non-hydrogen) atoms. The third-order valence-corrected chi connectivity index (χ3v) is 4.86. The third kappa shape index (κ3) is 3.23. The zero-order chi connectivity index (χ0) is 14.9. The summed E-state index contributed by atoms with van der Waals surface area (Å²) in [5, 5.41) is 0.394. The molecule has 0 bridgehead atoms. The Kier molecular flexibility index (Phi) is 5.21. The molecule has 0 aliphatic rings. The average Bonchev–Trinajstić information content (AvgIpc) is 2.74. The van der Waals surface area contributed by atoms with Gasteiger partial charge in [0.2, 0.25) is 0 Å². The first-order chi connectivity index (χ1) is 9.43. The lowest BCUT2D eigenvalue weighted by Gasteiger charge is -2.13. The van der Waals surface area contributed by atoms with E-state index in [0.717, 1.165) is 24.3 Å². The lowest BCUT2D eigenvalue weighted by Crippen LogP contribution is -2.08. The molecule has 0 N–H and O–H groups in total. The second-order valence-electron chi connectivity index (χ2n) is 4.83. The molecule has 2 rings (SSSR count). The summed E-state index contributed by atoms with van der Waals surface area (Å²) in [5.41, 5.74) is 1.44. The summed E-state index contributed by atoms with van der Waals surface area (Å²) in [4.78, 5) is 4.49. The maximum atomic E-state index is 13.7. The van der Waals surface area contributed by atoms with Crippen molar-refractivity contribution in [3.05, 3.63) is 28.8 Å². The number of fused-ring (bicyclic) bond motifs is 1. The number of alkyl halides is 1. The Morgan fingerprint density at radius 1 is 1.40 bits per heavy atom. The molecule has 1 heterocycles. The van der Waals surface area contributed by atoms with E-state index in [1.54, 1.807) is 6.07 Å². The number of thioether (sulfide) groups is 1. The van der Waals surface area contributed by atoms with Crippen molar-refractivity contribution < 1.29 is 4.39 Å². The number of rotatable bonds is 5. The predicted molar refractivity (Wildman–Crippen MR) is 86.6 cm³/mol. The molecule has 2 unspecified atom stereocenters. The lowest BCUT2D eigenvalue weighted by molar-refractivity contribution is 0.614. The van der Waals surface area contributed by atoms with E-state index in [0.29, 0.717) is 10.8 Å². The maximum absolute atomic E-state index is 13.7. The molecule has 0 radical (unpaired) electrons. The van der Waals surface area contributed by atoms with Crippen molar-refractivity contribution in [3.8, 4) is 0 Å². The van der Waals surface area contributed by atoms with E-state index in [1.807, 2.05) is 23.3 Å². The van der Waals surface area contributed by atoms with Crippen molar-refractivity contribution >= 4 is 46.0 Å². The number of aryl methyl sites for hydroxylation is 1. The van der Waals surface area contributed by atoms with Gasteiger partial charge < -0.3 is 4.57 Å². The van der Waals surface area contributed by atoms with Gasteiger partial charge in [-0.05, 0) is 25.7 Å². The minimum Gasteiger partial charge on any atom is -0.327 e. The van der Waals surface area contributed by atoms with Gasteiger partial charge in [0.05, 0.1) is 21.4 Å². The van der Waals surface area contributed by atoms with Gasteiger partial charge in [0.1, 0.15) is 11.6 Å². The zero-order valence-electron chi connectivity index (χ0n) is 11.7. The van der Waals surface area contributed by atoms with Crippen molar-refractivity contribution in [3.63, 3.8) is 0 Å². The molecule has 0 saturated heterocycles. The normalized spacial score (nSPS) is 14.7. The van der Waals surface area contributed by atoms with Gasteiger partial charge in [-0.25, -0.2) is 9.37 Å². The Balaban J connectivity index is 2.47. The fraction of sp³-hybridized carbons (Fsp3) is 0.500. The van der Waals surface area contributed by atoms with E-state index < -0.39 is 5.82 Å². The highest BCUT2D eigenvalue weighted by molar-refractivity contribution is 7.99. The van der Waals surface area contributed by atoms with Crippen LogP contribution in [0.25, 0.3) is 11.0 Å². The first-order valence-corrected chi connectivity index (χ1v) is 8.56. The number of nitrogens with zero attached hydrogens (tertiary/aromatic N) is 2. The number of halogens is 3. The number of aromatic nitrogens is 2. The SMILES string of the molecule is CSC(C)CCn1c(C(C)Cl)nc2cc(Cl)c(F)cc21. The van der Waals surface area contributed by atoms with E-state index in [-0.39, 0.29) is 10.4 Å². The summed E-state index contributed by atoms with van der Waals surface area (Å²) < 4.78 is 15.7. The molecule has 0 aliphatic carbocycles. The van der Waals surface area contributed by atoms with Gasteiger partial charge in [0.25, 0.3) is 0 Å². The van der Waals surface area contributed by atoms with Crippen molar-refractivity contribution in [2.75, 3.05) is 6.26 Å². The fourth-order valence-electron chi connectivity index (χ4n) is 2.11. The van der Waals surface area contributed by atoms with Crippen LogP contribution >= 0.6 is 35.0 Å². The molecule has 1 aromatic carbocycles. The fourth-order valence-corrected chi connectivity index (χ4v) is 2.77. The van der Waals surface area contributed by atoms with Crippen LogP contribution in [0.4, 0.5) is 4.39 Å². The van der Waals surface area contributed by atoms with Crippen LogP contribution in [0.1, 0.15) is 31.5 Å². The summed E-state index contributed by atoms with van der Waals surface area (Å²) in [6.45, 7) is 4.81. The van der Waals surface area contributed by atoms with E-state index in [4.69, 9.17) is 23.2 Å². The highest BCUT2D eigenvalue weighted by atomic mass is 35.5. The molecular formula is C14H17Cl2FN2S. The summed E-state index contributed by atoms with van der Waals surface area (Å²) >= 11 is 13.8. The van der Waals surface area contributed by atoms with Crippen molar-refractivity contribution in [2.24, 2.45) is 0 Å². The average molecular weight is 335 g/mol. The molecule has 2 nitrogen and oxygen atoms in total. The maximum Gasteiger partial charge on any atom is 0.144 e. The van der Waals surface area contributed by atoms with Crippen LogP contribution in [-0.2, 0) is 6.54 Å². The molecule has 110 valence electrons. The minimum atomic E-state index is -0.424. The molecule has 2 atom stereocenters. The lowest BCUT2D eigenvalue weighted by atomic mass is 10.3. The highest BCUT2D eigenvalue weighted by Gasteiger charge is 2.17. The molecular weight excluding hydrogens is 318 g/mol. The Hall–Kier alpha value is -0.450. The van der Waals surface area contributed by atoms with E-state index in [1.165, 1.54) is 6.07 Å².